The highest BCUT2D eigenvalue weighted by Gasteiger charge is 2.45. The molecule has 2 nitrogen and oxygen atoms in total. The number of hydrogen-bond donors (Lipinski definition) is 0. The molecule has 1 aromatic carbocycles. The predicted octanol–water partition coefficient (Wildman–Crippen LogP) is 5.11. The molecule has 4 heteroatoms. The van der Waals surface area contributed by atoms with Gasteiger partial charge in [-0.25, -0.2) is 4.39 Å². The number of hydrogen-bond acceptors (Lipinski definition) is 1. The molecule has 0 saturated heterocycles. The lowest BCUT2D eigenvalue weighted by atomic mass is 9.83. The predicted molar refractivity (Wildman–Crippen MR) is 89.8 cm³/mol. The van der Waals surface area contributed by atoms with Crippen LogP contribution in [0.25, 0.3) is 10.9 Å². The van der Waals surface area contributed by atoms with E-state index in [0.29, 0.717) is 21.3 Å². The normalized spacial score (nSPS) is 20.7. The van der Waals surface area contributed by atoms with E-state index < -0.39 is 0 Å². The van der Waals surface area contributed by atoms with Gasteiger partial charge in [-0.3, -0.25) is 4.79 Å². The zero-order chi connectivity index (χ0) is 15.5. The van der Waals surface area contributed by atoms with E-state index in [9.17, 15) is 9.18 Å². The highest BCUT2D eigenvalue weighted by molar-refractivity contribution is 9.10. The average Bonchev–Trinajstić information content (AvgIpc) is 3.23. The van der Waals surface area contributed by atoms with Gasteiger partial charge in [-0.05, 0) is 78.9 Å². The number of nitrogens with zero attached hydrogens (tertiary/aromatic N) is 1. The molecule has 2 saturated carbocycles. The minimum Gasteiger partial charge on any atom is -0.342 e. The molecule has 0 atom stereocenters. The van der Waals surface area contributed by atoms with Gasteiger partial charge in [0.1, 0.15) is 5.82 Å². The fraction of sp³-hybridized carbons (Fsp3) is 0.500. The second-order valence-electron chi connectivity index (χ2n) is 7.03. The second kappa shape index (κ2) is 4.92. The molecule has 2 fully saturated rings. The first-order valence-corrected chi connectivity index (χ1v) is 8.79. The molecule has 2 aliphatic rings. The monoisotopic (exact) mass is 363 g/mol. The summed E-state index contributed by atoms with van der Waals surface area (Å²) in [5.41, 5.74) is 2.39. The van der Waals surface area contributed by atoms with E-state index in [1.807, 2.05) is 6.92 Å². The van der Waals surface area contributed by atoms with Crippen LogP contribution >= 0.6 is 15.9 Å². The highest BCUT2D eigenvalue weighted by atomic mass is 79.9. The third-order valence-corrected chi connectivity index (χ3v) is 6.23. The van der Waals surface area contributed by atoms with Crippen molar-refractivity contribution in [2.24, 2.45) is 5.41 Å². The summed E-state index contributed by atoms with van der Waals surface area (Å²) in [6, 6.07) is 5.20. The van der Waals surface area contributed by atoms with Gasteiger partial charge in [0.15, 0.2) is 5.43 Å². The maximum atomic E-state index is 13.8. The van der Waals surface area contributed by atoms with Crippen molar-refractivity contribution in [3.8, 4) is 0 Å². The molecule has 0 bridgehead atoms. The Morgan fingerprint density at radius 1 is 1.18 bits per heavy atom. The van der Waals surface area contributed by atoms with Crippen molar-refractivity contribution in [3.05, 3.63) is 44.4 Å². The van der Waals surface area contributed by atoms with Crippen LogP contribution in [0.15, 0.2) is 27.5 Å². The summed E-state index contributed by atoms with van der Waals surface area (Å²) in [5.74, 6) is -0.374. The van der Waals surface area contributed by atoms with Gasteiger partial charge < -0.3 is 4.57 Å². The minimum absolute atomic E-state index is 0.0929. The molecule has 116 valence electrons. The quantitative estimate of drug-likeness (QED) is 0.690. The van der Waals surface area contributed by atoms with Crippen LogP contribution in [0.4, 0.5) is 4.39 Å². The van der Waals surface area contributed by atoms with Crippen molar-refractivity contribution in [1.82, 2.24) is 4.57 Å². The fourth-order valence-corrected chi connectivity index (χ4v) is 4.43. The molecule has 2 aromatic rings. The number of benzene rings is 1. The van der Waals surface area contributed by atoms with Crippen LogP contribution in [0.1, 0.15) is 50.3 Å². The summed E-state index contributed by atoms with van der Waals surface area (Å²) in [4.78, 5) is 12.2. The molecule has 1 spiro atoms. The first-order valence-electron chi connectivity index (χ1n) is 8.00. The Balaban J connectivity index is 1.85. The van der Waals surface area contributed by atoms with Crippen LogP contribution in [-0.4, -0.2) is 4.57 Å². The van der Waals surface area contributed by atoms with Gasteiger partial charge in [0.25, 0.3) is 0 Å². The first-order chi connectivity index (χ1) is 10.5. The molecular weight excluding hydrogens is 345 g/mol. The van der Waals surface area contributed by atoms with Crippen molar-refractivity contribution in [1.29, 1.82) is 0 Å². The Hall–Kier alpha value is -1.16. The summed E-state index contributed by atoms with van der Waals surface area (Å²) >= 11 is 3.26. The molecule has 0 N–H and O–H groups in total. The number of fused-ring (bicyclic) bond motifs is 1. The van der Waals surface area contributed by atoms with Crippen LogP contribution in [0, 0.1) is 18.2 Å². The minimum atomic E-state index is -0.374. The third-order valence-electron chi connectivity index (χ3n) is 5.62. The molecule has 2 aliphatic carbocycles. The van der Waals surface area contributed by atoms with Crippen molar-refractivity contribution in [2.45, 2.75) is 51.5 Å². The van der Waals surface area contributed by atoms with Crippen molar-refractivity contribution < 1.29 is 4.39 Å². The van der Waals surface area contributed by atoms with Gasteiger partial charge >= 0.3 is 0 Å². The summed E-state index contributed by atoms with van der Waals surface area (Å²) in [7, 11) is 0. The molecule has 0 unspecified atom stereocenters. The molecule has 22 heavy (non-hydrogen) atoms. The number of rotatable bonds is 1. The Bertz CT molecular complexity index is 812. The summed E-state index contributed by atoms with van der Waals surface area (Å²) in [6.07, 6.45) is 7.67. The zero-order valence-corrected chi connectivity index (χ0v) is 14.2. The number of halogens is 2. The molecular formula is C18H19BrFNO. The van der Waals surface area contributed by atoms with Crippen LogP contribution in [0.2, 0.25) is 0 Å². The Morgan fingerprint density at radius 3 is 2.50 bits per heavy atom. The van der Waals surface area contributed by atoms with Gasteiger partial charge in [-0.1, -0.05) is 0 Å². The molecule has 0 amide bonds. The van der Waals surface area contributed by atoms with Crippen LogP contribution < -0.4 is 5.43 Å². The van der Waals surface area contributed by atoms with E-state index in [1.54, 1.807) is 12.1 Å². The molecule has 1 heterocycles. The molecule has 4 rings (SSSR count). The number of aryl methyl sites for hydroxylation is 1. The number of pyridine rings is 1. The zero-order valence-electron chi connectivity index (χ0n) is 12.7. The molecule has 1 aromatic heterocycles. The summed E-state index contributed by atoms with van der Waals surface area (Å²) in [6.45, 7) is 1.99. The average molecular weight is 364 g/mol. The van der Waals surface area contributed by atoms with E-state index in [4.69, 9.17) is 0 Å². The van der Waals surface area contributed by atoms with Crippen LogP contribution in [0.5, 0.6) is 0 Å². The largest absolute Gasteiger partial charge is 0.342 e. The number of aromatic nitrogens is 1. The van der Waals surface area contributed by atoms with Gasteiger partial charge in [0, 0.05) is 23.2 Å². The Morgan fingerprint density at radius 2 is 1.86 bits per heavy atom. The van der Waals surface area contributed by atoms with Crippen molar-refractivity contribution in [3.63, 3.8) is 0 Å². The van der Waals surface area contributed by atoms with E-state index >= 15 is 0 Å². The highest BCUT2D eigenvalue weighted by Crippen LogP contribution is 2.58. The van der Waals surface area contributed by atoms with E-state index in [2.05, 4.69) is 20.5 Å². The molecule has 0 radical (unpaired) electrons. The lowest BCUT2D eigenvalue weighted by Crippen LogP contribution is -2.23. The van der Waals surface area contributed by atoms with Crippen LogP contribution in [0.3, 0.4) is 0 Å². The topological polar surface area (TPSA) is 22.0 Å². The lowest BCUT2D eigenvalue weighted by Gasteiger charge is -2.32. The second-order valence-corrected chi connectivity index (χ2v) is 7.89. The smallest absolute Gasteiger partial charge is 0.189 e. The fourth-order valence-electron chi connectivity index (χ4n) is 4.09. The van der Waals surface area contributed by atoms with Gasteiger partial charge in [0.05, 0.1) is 9.99 Å². The SMILES string of the molecule is Cc1cc(=O)c2cc(F)c(Br)cc2n1C1CCC2(CC1)CC2. The Kier molecular flexibility index (Phi) is 3.23. The summed E-state index contributed by atoms with van der Waals surface area (Å²) in [5, 5.41) is 0.484. The summed E-state index contributed by atoms with van der Waals surface area (Å²) < 4.78 is 16.5. The third kappa shape index (κ3) is 2.23. The van der Waals surface area contributed by atoms with Gasteiger partial charge in [-0.15, -0.1) is 0 Å². The lowest BCUT2D eigenvalue weighted by molar-refractivity contribution is 0.259. The van der Waals surface area contributed by atoms with Gasteiger partial charge in [0.2, 0.25) is 0 Å². The van der Waals surface area contributed by atoms with E-state index in [-0.39, 0.29) is 11.2 Å². The van der Waals surface area contributed by atoms with E-state index in [0.717, 1.165) is 24.1 Å². The Labute approximate surface area is 137 Å². The van der Waals surface area contributed by atoms with Gasteiger partial charge in [-0.2, -0.15) is 0 Å². The first kappa shape index (κ1) is 14.4. The van der Waals surface area contributed by atoms with Crippen molar-refractivity contribution >= 4 is 26.8 Å². The molecule has 0 aliphatic heterocycles. The van der Waals surface area contributed by atoms with Crippen molar-refractivity contribution in [2.75, 3.05) is 0 Å². The van der Waals surface area contributed by atoms with Crippen LogP contribution in [-0.2, 0) is 0 Å². The van der Waals surface area contributed by atoms with E-state index in [1.165, 1.54) is 31.7 Å². The maximum absolute atomic E-state index is 13.8. The maximum Gasteiger partial charge on any atom is 0.189 e. The standard InChI is InChI=1S/C18H19BrFNO/c1-11-8-17(22)13-9-15(20)14(19)10-16(13)21(11)12-2-4-18(5-3-12)6-7-18/h8-10,12H,2-7H2,1H3.